The Morgan fingerprint density at radius 3 is 2.64 bits per heavy atom. The molecule has 0 heterocycles. The van der Waals surface area contributed by atoms with E-state index in [4.69, 9.17) is 4.74 Å². The summed E-state index contributed by atoms with van der Waals surface area (Å²) in [6.45, 7) is 2.13. The van der Waals surface area contributed by atoms with Gasteiger partial charge < -0.3 is 4.74 Å². The Hall–Kier alpha value is -1.31. The van der Waals surface area contributed by atoms with Gasteiger partial charge in [0.1, 0.15) is 0 Å². The summed E-state index contributed by atoms with van der Waals surface area (Å²) >= 11 is 0. The molecule has 14 heavy (non-hydrogen) atoms. The lowest BCUT2D eigenvalue weighted by molar-refractivity contribution is 0.406. The Morgan fingerprint density at radius 1 is 1.29 bits per heavy atom. The van der Waals surface area contributed by atoms with Gasteiger partial charge in [-0.15, -0.1) is 0 Å². The number of methoxy groups -OCH3 is 1. The van der Waals surface area contributed by atoms with Crippen molar-refractivity contribution in [1.82, 2.24) is 0 Å². The molecule has 0 aliphatic rings. The van der Waals surface area contributed by atoms with Crippen molar-refractivity contribution < 1.29 is 4.74 Å². The van der Waals surface area contributed by atoms with Gasteiger partial charge in [-0.25, -0.2) is 0 Å². The van der Waals surface area contributed by atoms with Gasteiger partial charge >= 0.3 is 0 Å². The van der Waals surface area contributed by atoms with Gasteiger partial charge in [0.15, 0.2) is 5.75 Å². The van der Waals surface area contributed by atoms with Crippen LogP contribution in [-0.4, -0.2) is 7.11 Å². The summed E-state index contributed by atoms with van der Waals surface area (Å²) in [5, 5.41) is 0. The number of hydrogen-bond acceptors (Lipinski definition) is 2. The molecule has 0 fully saturated rings. The molecule has 0 bridgehead atoms. The largest absolute Gasteiger partial charge is 0.492 e. The minimum atomic E-state index is -0.0383. The van der Waals surface area contributed by atoms with Crippen LogP contribution >= 0.6 is 0 Å². The van der Waals surface area contributed by atoms with E-state index in [1.807, 2.05) is 12.1 Å². The Bertz CT molecular complexity index is 345. The molecule has 0 aliphatic heterocycles. The van der Waals surface area contributed by atoms with Crippen LogP contribution in [-0.2, 0) is 6.42 Å². The summed E-state index contributed by atoms with van der Waals surface area (Å²) in [6.07, 6.45) is 3.11. The maximum atomic E-state index is 11.5. The molecule has 0 aliphatic carbocycles. The van der Waals surface area contributed by atoms with Gasteiger partial charge in [0, 0.05) is 0 Å². The quantitative estimate of drug-likeness (QED) is 0.732. The first-order valence-corrected chi connectivity index (χ1v) is 4.95. The number of aryl methyl sites for hydroxylation is 1. The number of hydrogen-bond donors (Lipinski definition) is 0. The second-order valence-corrected chi connectivity index (χ2v) is 3.24. The van der Waals surface area contributed by atoms with E-state index in [0.29, 0.717) is 5.75 Å². The molecule has 0 amide bonds. The minimum absolute atomic E-state index is 0.0383. The Morgan fingerprint density at radius 2 is 2.00 bits per heavy atom. The van der Waals surface area contributed by atoms with Gasteiger partial charge in [-0.05, 0) is 24.5 Å². The maximum Gasteiger partial charge on any atom is 0.220 e. The summed E-state index contributed by atoms with van der Waals surface area (Å²) in [6, 6.07) is 7.12. The zero-order valence-electron chi connectivity index (χ0n) is 8.75. The smallest absolute Gasteiger partial charge is 0.220 e. The topological polar surface area (TPSA) is 26.3 Å². The summed E-state index contributed by atoms with van der Waals surface area (Å²) in [7, 11) is 1.55. The molecule has 0 spiro atoms. The molecule has 0 saturated carbocycles. The van der Waals surface area contributed by atoms with Crippen molar-refractivity contribution in [2.75, 3.05) is 7.11 Å². The standard InChI is InChI=1S/C12H16O2/c1-3-4-7-10-8-5-6-9-11(13)12(10)14-2/h5-6,8-9H,3-4,7H2,1-2H3. The van der Waals surface area contributed by atoms with Crippen molar-refractivity contribution in [3.63, 3.8) is 0 Å². The highest BCUT2D eigenvalue weighted by atomic mass is 16.5. The zero-order chi connectivity index (χ0) is 10.4. The predicted octanol–water partition coefficient (Wildman–Crippen LogP) is 2.40. The molecular weight excluding hydrogens is 176 g/mol. The second-order valence-electron chi connectivity index (χ2n) is 3.24. The van der Waals surface area contributed by atoms with E-state index >= 15 is 0 Å². The van der Waals surface area contributed by atoms with Crippen LogP contribution in [0.3, 0.4) is 0 Å². The summed E-state index contributed by atoms with van der Waals surface area (Å²) in [5.41, 5.74) is 0.966. The molecule has 2 nitrogen and oxygen atoms in total. The molecule has 1 aromatic carbocycles. The van der Waals surface area contributed by atoms with Crippen LogP contribution in [0.25, 0.3) is 0 Å². The number of unbranched alkanes of at least 4 members (excludes halogenated alkanes) is 1. The predicted molar refractivity (Wildman–Crippen MR) is 57.9 cm³/mol. The molecule has 0 saturated heterocycles. The Kier molecular flexibility index (Phi) is 4.17. The van der Waals surface area contributed by atoms with Crippen molar-refractivity contribution in [3.8, 4) is 5.75 Å². The fraction of sp³-hybridized carbons (Fsp3) is 0.417. The molecule has 0 aromatic heterocycles. The Labute approximate surface area is 84.5 Å². The first kappa shape index (κ1) is 10.8. The lowest BCUT2D eigenvalue weighted by Gasteiger charge is -2.02. The van der Waals surface area contributed by atoms with E-state index in [-0.39, 0.29) is 5.43 Å². The van der Waals surface area contributed by atoms with Gasteiger partial charge in [-0.1, -0.05) is 31.5 Å². The fourth-order valence-corrected chi connectivity index (χ4v) is 1.42. The van der Waals surface area contributed by atoms with Gasteiger partial charge in [-0.2, -0.15) is 0 Å². The normalized spacial score (nSPS) is 9.86. The molecular formula is C12H16O2. The average molecular weight is 192 g/mol. The zero-order valence-corrected chi connectivity index (χ0v) is 8.75. The summed E-state index contributed by atoms with van der Waals surface area (Å²) < 4.78 is 5.12. The Balaban J connectivity index is 3.08. The van der Waals surface area contributed by atoms with Crippen molar-refractivity contribution in [1.29, 1.82) is 0 Å². The van der Waals surface area contributed by atoms with Crippen LogP contribution in [0.15, 0.2) is 29.1 Å². The molecule has 0 radical (unpaired) electrons. The second kappa shape index (κ2) is 5.43. The van der Waals surface area contributed by atoms with E-state index < -0.39 is 0 Å². The monoisotopic (exact) mass is 192 g/mol. The summed E-state index contributed by atoms with van der Waals surface area (Å²) in [4.78, 5) is 11.5. The van der Waals surface area contributed by atoms with E-state index in [1.165, 1.54) is 6.07 Å². The van der Waals surface area contributed by atoms with E-state index in [1.54, 1.807) is 13.2 Å². The van der Waals surface area contributed by atoms with Crippen LogP contribution in [0.5, 0.6) is 5.75 Å². The lowest BCUT2D eigenvalue weighted by Crippen LogP contribution is -2.03. The van der Waals surface area contributed by atoms with Crippen molar-refractivity contribution in [2.45, 2.75) is 26.2 Å². The van der Waals surface area contributed by atoms with Crippen LogP contribution in [0.4, 0.5) is 0 Å². The molecule has 0 N–H and O–H groups in total. The van der Waals surface area contributed by atoms with Crippen LogP contribution < -0.4 is 10.2 Å². The van der Waals surface area contributed by atoms with Gasteiger partial charge in [0.25, 0.3) is 0 Å². The highest BCUT2D eigenvalue weighted by molar-refractivity contribution is 5.32. The molecule has 2 heteroatoms. The SMILES string of the molecule is CCCCc1ccccc(=O)c1OC. The third kappa shape index (κ3) is 2.59. The van der Waals surface area contributed by atoms with Gasteiger partial charge in [-0.3, -0.25) is 4.79 Å². The highest BCUT2D eigenvalue weighted by Crippen LogP contribution is 2.13. The van der Waals surface area contributed by atoms with Crippen LogP contribution in [0, 0.1) is 0 Å². The van der Waals surface area contributed by atoms with Crippen molar-refractivity contribution in [2.24, 2.45) is 0 Å². The number of ether oxygens (including phenoxy) is 1. The van der Waals surface area contributed by atoms with Crippen molar-refractivity contribution in [3.05, 3.63) is 40.1 Å². The minimum Gasteiger partial charge on any atom is -0.492 e. The fourth-order valence-electron chi connectivity index (χ4n) is 1.42. The molecule has 1 aromatic rings. The first-order chi connectivity index (χ1) is 6.79. The van der Waals surface area contributed by atoms with Gasteiger partial charge in [0.05, 0.1) is 7.11 Å². The van der Waals surface area contributed by atoms with Crippen LogP contribution in [0.2, 0.25) is 0 Å². The van der Waals surface area contributed by atoms with Gasteiger partial charge in [0.2, 0.25) is 5.43 Å². The summed E-state index contributed by atoms with van der Waals surface area (Å²) in [5.74, 6) is 0.489. The van der Waals surface area contributed by atoms with Crippen molar-refractivity contribution >= 4 is 0 Å². The molecule has 1 rings (SSSR count). The molecule has 76 valence electrons. The number of rotatable bonds is 4. The average Bonchev–Trinajstić information content (AvgIpc) is 2.36. The first-order valence-electron chi connectivity index (χ1n) is 4.95. The molecule has 0 atom stereocenters. The third-order valence-corrected chi connectivity index (χ3v) is 2.18. The third-order valence-electron chi connectivity index (χ3n) is 2.18. The van der Waals surface area contributed by atoms with E-state index in [9.17, 15) is 4.79 Å². The highest BCUT2D eigenvalue weighted by Gasteiger charge is 2.03. The van der Waals surface area contributed by atoms with Crippen LogP contribution in [0.1, 0.15) is 25.3 Å². The van der Waals surface area contributed by atoms with E-state index in [0.717, 1.165) is 24.8 Å². The van der Waals surface area contributed by atoms with E-state index in [2.05, 4.69) is 6.92 Å². The lowest BCUT2D eigenvalue weighted by atomic mass is 10.1. The molecule has 0 unspecified atom stereocenters. The maximum absolute atomic E-state index is 11.5.